The Kier molecular flexibility index (Phi) is 8.38. The van der Waals surface area contributed by atoms with Gasteiger partial charge >= 0.3 is 5.97 Å². The first-order chi connectivity index (χ1) is 16.4. The minimum Gasteiger partial charge on any atom is -0.503 e. The number of ether oxygens (including phenoxy) is 1. The molecule has 0 aliphatic carbocycles. The van der Waals surface area contributed by atoms with Crippen molar-refractivity contribution in [2.24, 2.45) is 0 Å². The normalized spacial score (nSPS) is 16.1. The van der Waals surface area contributed by atoms with Gasteiger partial charge in [-0.1, -0.05) is 62.4 Å². The Bertz CT molecular complexity index is 1090. The number of carbonyl (C=O) groups is 3. The Morgan fingerprint density at radius 2 is 1.71 bits per heavy atom. The predicted octanol–water partition coefficient (Wildman–Crippen LogP) is 3.79. The van der Waals surface area contributed by atoms with Gasteiger partial charge in [-0.2, -0.15) is 0 Å². The van der Waals surface area contributed by atoms with Crippen LogP contribution in [0.5, 0.6) is 0 Å². The van der Waals surface area contributed by atoms with E-state index in [4.69, 9.17) is 4.74 Å². The summed E-state index contributed by atoms with van der Waals surface area (Å²) in [6.45, 7) is 6.66. The van der Waals surface area contributed by atoms with Gasteiger partial charge in [-0.05, 0) is 42.4 Å². The SMILES string of the molecule is CCN(CC)CCN1C(=O)C(O)=C(C(=O)/C=C/c2ccccc2)C1c1ccc(C(=O)OC)cc1. The number of ketones is 1. The predicted molar refractivity (Wildman–Crippen MR) is 130 cm³/mol. The number of aliphatic hydroxyl groups excluding tert-OH is 1. The molecular formula is C27H30N2O5. The number of hydrogen-bond acceptors (Lipinski definition) is 6. The van der Waals surface area contributed by atoms with Crippen molar-refractivity contribution in [3.63, 3.8) is 0 Å². The zero-order valence-corrected chi connectivity index (χ0v) is 19.7. The van der Waals surface area contributed by atoms with E-state index in [2.05, 4.69) is 4.90 Å². The van der Waals surface area contributed by atoms with Gasteiger partial charge in [0.05, 0.1) is 24.3 Å². The lowest BCUT2D eigenvalue weighted by Gasteiger charge is -2.29. The summed E-state index contributed by atoms with van der Waals surface area (Å²) in [7, 11) is 1.30. The highest BCUT2D eigenvalue weighted by Crippen LogP contribution is 2.38. The number of rotatable bonds is 10. The minimum atomic E-state index is -0.761. The summed E-state index contributed by atoms with van der Waals surface area (Å²) in [6, 6.07) is 15.1. The zero-order valence-electron chi connectivity index (χ0n) is 19.7. The maximum Gasteiger partial charge on any atom is 0.337 e. The van der Waals surface area contributed by atoms with Crippen LogP contribution in [0.2, 0.25) is 0 Å². The third kappa shape index (κ3) is 5.43. The number of nitrogens with zero attached hydrogens (tertiary/aromatic N) is 2. The van der Waals surface area contributed by atoms with Crippen molar-refractivity contribution >= 4 is 23.7 Å². The quantitative estimate of drug-likeness (QED) is 0.427. The molecule has 34 heavy (non-hydrogen) atoms. The molecule has 1 N–H and O–H groups in total. The average Bonchev–Trinajstić information content (AvgIpc) is 3.13. The van der Waals surface area contributed by atoms with E-state index in [0.29, 0.717) is 24.2 Å². The van der Waals surface area contributed by atoms with Crippen LogP contribution in [0.15, 0.2) is 72.0 Å². The molecule has 1 aliphatic rings. The van der Waals surface area contributed by atoms with Crippen molar-refractivity contribution in [3.05, 3.63) is 88.7 Å². The van der Waals surface area contributed by atoms with Crippen LogP contribution < -0.4 is 0 Å². The molecule has 0 spiro atoms. The highest BCUT2D eigenvalue weighted by Gasteiger charge is 2.42. The number of aliphatic hydroxyl groups is 1. The zero-order chi connectivity index (χ0) is 24.7. The van der Waals surface area contributed by atoms with Crippen LogP contribution in [-0.2, 0) is 14.3 Å². The largest absolute Gasteiger partial charge is 0.503 e. The molecule has 1 heterocycles. The molecule has 0 saturated heterocycles. The Hall–Kier alpha value is -3.71. The maximum atomic E-state index is 13.2. The summed E-state index contributed by atoms with van der Waals surface area (Å²) in [4.78, 5) is 41.8. The standard InChI is InChI=1S/C27H30N2O5/c1-4-28(5-2)17-18-29-24(20-12-14-21(15-13-20)27(33)34-3)23(25(31)26(29)32)22(30)16-11-19-9-7-6-8-10-19/h6-16,24,31H,4-5,17-18H2,1-3H3/b16-11+. The van der Waals surface area contributed by atoms with Crippen LogP contribution in [0.4, 0.5) is 0 Å². The summed E-state index contributed by atoms with van der Waals surface area (Å²) in [5.41, 5.74) is 1.84. The van der Waals surface area contributed by atoms with Crippen molar-refractivity contribution in [1.82, 2.24) is 9.80 Å². The fraction of sp³-hybridized carbons (Fsp3) is 0.296. The lowest BCUT2D eigenvalue weighted by atomic mass is 9.95. The van der Waals surface area contributed by atoms with E-state index in [1.54, 1.807) is 30.3 Å². The minimum absolute atomic E-state index is 0.0301. The van der Waals surface area contributed by atoms with Gasteiger partial charge in [0, 0.05) is 13.1 Å². The van der Waals surface area contributed by atoms with Crippen LogP contribution in [0.25, 0.3) is 6.08 Å². The first kappa shape index (κ1) is 24.9. The molecule has 1 atom stereocenters. The molecule has 1 aliphatic heterocycles. The van der Waals surface area contributed by atoms with Crippen LogP contribution in [0, 0.1) is 0 Å². The second kappa shape index (κ2) is 11.4. The van der Waals surface area contributed by atoms with Crippen LogP contribution >= 0.6 is 0 Å². The van der Waals surface area contributed by atoms with Gasteiger partial charge in [0.1, 0.15) is 0 Å². The number of methoxy groups -OCH3 is 1. The third-order valence-corrected chi connectivity index (χ3v) is 5.99. The molecule has 178 valence electrons. The van der Waals surface area contributed by atoms with Crippen molar-refractivity contribution < 1.29 is 24.2 Å². The number of likely N-dealkylation sites (N-methyl/N-ethyl adjacent to an activating group) is 1. The van der Waals surface area contributed by atoms with Gasteiger partial charge in [0.2, 0.25) is 0 Å². The van der Waals surface area contributed by atoms with E-state index >= 15 is 0 Å². The van der Waals surface area contributed by atoms with Gasteiger partial charge < -0.3 is 19.6 Å². The summed E-state index contributed by atoms with van der Waals surface area (Å²) in [6.07, 6.45) is 3.03. The molecule has 2 aromatic carbocycles. The number of allylic oxidation sites excluding steroid dienone is 1. The first-order valence-electron chi connectivity index (χ1n) is 11.3. The molecule has 3 rings (SSSR count). The molecule has 1 amide bonds. The lowest BCUT2D eigenvalue weighted by molar-refractivity contribution is -0.129. The summed E-state index contributed by atoms with van der Waals surface area (Å²) in [5, 5.41) is 10.7. The van der Waals surface area contributed by atoms with Crippen molar-refractivity contribution in [1.29, 1.82) is 0 Å². The van der Waals surface area contributed by atoms with Gasteiger partial charge in [0.25, 0.3) is 5.91 Å². The van der Waals surface area contributed by atoms with Gasteiger partial charge in [-0.3, -0.25) is 9.59 Å². The third-order valence-electron chi connectivity index (χ3n) is 5.99. The maximum absolute atomic E-state index is 13.2. The number of esters is 1. The molecule has 2 aromatic rings. The van der Waals surface area contributed by atoms with E-state index in [0.717, 1.165) is 18.7 Å². The van der Waals surface area contributed by atoms with Gasteiger partial charge in [-0.25, -0.2) is 4.79 Å². The van der Waals surface area contributed by atoms with Crippen LogP contribution in [0.3, 0.4) is 0 Å². The Morgan fingerprint density at radius 1 is 1.06 bits per heavy atom. The highest BCUT2D eigenvalue weighted by molar-refractivity contribution is 6.14. The monoisotopic (exact) mass is 462 g/mol. The molecule has 0 radical (unpaired) electrons. The summed E-state index contributed by atoms with van der Waals surface area (Å²) in [5.74, 6) is -2.04. The number of hydrogen-bond donors (Lipinski definition) is 1. The van der Waals surface area contributed by atoms with E-state index < -0.39 is 29.5 Å². The van der Waals surface area contributed by atoms with E-state index in [1.165, 1.54) is 18.1 Å². The van der Waals surface area contributed by atoms with Crippen molar-refractivity contribution in [3.8, 4) is 0 Å². The van der Waals surface area contributed by atoms with E-state index in [1.807, 2.05) is 44.2 Å². The lowest BCUT2D eigenvalue weighted by Crippen LogP contribution is -2.38. The number of amides is 1. The fourth-order valence-corrected chi connectivity index (χ4v) is 4.02. The second-order valence-corrected chi connectivity index (χ2v) is 7.91. The number of benzene rings is 2. The molecule has 0 aromatic heterocycles. The molecule has 0 bridgehead atoms. The summed E-state index contributed by atoms with van der Waals surface area (Å²) < 4.78 is 4.76. The number of carbonyl (C=O) groups excluding carboxylic acids is 3. The highest BCUT2D eigenvalue weighted by atomic mass is 16.5. The molecular weight excluding hydrogens is 432 g/mol. The Morgan fingerprint density at radius 3 is 2.29 bits per heavy atom. The van der Waals surface area contributed by atoms with Gasteiger partial charge in [-0.15, -0.1) is 0 Å². The van der Waals surface area contributed by atoms with E-state index in [-0.39, 0.29) is 5.57 Å². The van der Waals surface area contributed by atoms with Crippen LogP contribution in [-0.4, -0.2) is 65.9 Å². The fourth-order valence-electron chi connectivity index (χ4n) is 4.02. The second-order valence-electron chi connectivity index (χ2n) is 7.91. The topological polar surface area (TPSA) is 87.2 Å². The Labute approximate surface area is 199 Å². The van der Waals surface area contributed by atoms with Gasteiger partial charge in [0.15, 0.2) is 11.5 Å². The molecule has 1 unspecified atom stereocenters. The summed E-state index contributed by atoms with van der Waals surface area (Å²) >= 11 is 0. The molecule has 7 heteroatoms. The molecule has 0 fully saturated rings. The Balaban J connectivity index is 1.97. The first-order valence-corrected chi connectivity index (χ1v) is 11.3. The smallest absolute Gasteiger partial charge is 0.337 e. The van der Waals surface area contributed by atoms with E-state index in [9.17, 15) is 19.5 Å². The van der Waals surface area contributed by atoms with Crippen molar-refractivity contribution in [2.75, 3.05) is 33.3 Å². The van der Waals surface area contributed by atoms with Crippen LogP contribution in [0.1, 0.15) is 41.4 Å². The molecule has 0 saturated carbocycles. The molecule has 7 nitrogen and oxygen atoms in total. The van der Waals surface area contributed by atoms with Crippen molar-refractivity contribution in [2.45, 2.75) is 19.9 Å². The average molecular weight is 463 g/mol.